The molecule has 7 heteroatoms. The van der Waals surface area contributed by atoms with Gasteiger partial charge in [0.15, 0.2) is 0 Å². The van der Waals surface area contributed by atoms with Gasteiger partial charge in [0.1, 0.15) is 11.5 Å². The highest BCUT2D eigenvalue weighted by atomic mass is 16.5. The van der Waals surface area contributed by atoms with E-state index in [1.54, 1.807) is 6.20 Å². The van der Waals surface area contributed by atoms with E-state index in [-0.39, 0.29) is 5.91 Å². The van der Waals surface area contributed by atoms with Crippen LogP contribution in [0.1, 0.15) is 21.5 Å². The molecular weight excluding hydrogens is 426 g/mol. The second kappa shape index (κ2) is 10.3. The average molecular weight is 454 g/mol. The molecule has 0 spiro atoms. The minimum Gasteiger partial charge on any atom is -0.378 e. The monoisotopic (exact) mass is 453 g/mol. The molecule has 1 aliphatic heterocycles. The van der Waals surface area contributed by atoms with E-state index in [1.807, 2.05) is 71.5 Å². The molecule has 0 radical (unpaired) electrons. The zero-order valence-corrected chi connectivity index (χ0v) is 18.9. The smallest absolute Gasteiger partial charge is 0.255 e. The molecule has 4 aromatic rings. The van der Waals surface area contributed by atoms with Crippen LogP contribution in [0.15, 0.2) is 85.2 Å². The Balaban J connectivity index is 1.38. The Hall–Kier alpha value is -3.97. The van der Waals surface area contributed by atoms with Crippen LogP contribution in [0.4, 0.5) is 5.82 Å². The first-order valence-electron chi connectivity index (χ1n) is 11.5. The highest BCUT2D eigenvalue weighted by molar-refractivity contribution is 5.99. The van der Waals surface area contributed by atoms with Crippen molar-refractivity contribution in [3.8, 4) is 11.3 Å². The van der Waals surface area contributed by atoms with Crippen molar-refractivity contribution in [2.75, 3.05) is 31.2 Å². The summed E-state index contributed by atoms with van der Waals surface area (Å²) in [5.41, 5.74) is 4.25. The number of nitrogens with one attached hydrogen (secondary N) is 1. The van der Waals surface area contributed by atoms with Crippen LogP contribution in [0.3, 0.4) is 0 Å². The Labute approximate surface area is 199 Å². The number of carbonyl (C=O) groups is 1. The molecule has 7 nitrogen and oxygen atoms in total. The number of aromatic nitrogens is 3. The number of carbonyl (C=O) groups excluding carboxylic acids is 1. The lowest BCUT2D eigenvalue weighted by molar-refractivity contribution is 0.0951. The summed E-state index contributed by atoms with van der Waals surface area (Å²) < 4.78 is 7.30. The van der Waals surface area contributed by atoms with Gasteiger partial charge in [-0.05, 0) is 11.6 Å². The maximum atomic E-state index is 13.3. The van der Waals surface area contributed by atoms with Crippen LogP contribution < -0.4 is 10.2 Å². The van der Waals surface area contributed by atoms with E-state index in [0.29, 0.717) is 37.6 Å². The molecule has 172 valence electrons. The van der Waals surface area contributed by atoms with Gasteiger partial charge in [-0.15, -0.1) is 0 Å². The normalized spacial score (nSPS) is 13.6. The third kappa shape index (κ3) is 5.00. The minimum absolute atomic E-state index is 0.157. The first kappa shape index (κ1) is 21.9. The maximum absolute atomic E-state index is 13.3. The molecule has 34 heavy (non-hydrogen) atoms. The second-order valence-corrected chi connectivity index (χ2v) is 8.21. The van der Waals surface area contributed by atoms with Crippen LogP contribution in [-0.4, -0.2) is 47.0 Å². The Morgan fingerprint density at radius 3 is 2.44 bits per heavy atom. The van der Waals surface area contributed by atoms with Gasteiger partial charge in [0, 0.05) is 43.2 Å². The van der Waals surface area contributed by atoms with E-state index in [1.165, 1.54) is 0 Å². The summed E-state index contributed by atoms with van der Waals surface area (Å²) in [5.74, 6) is 0.740. The first-order chi connectivity index (χ1) is 16.8. The molecule has 0 bridgehead atoms. The fraction of sp³-hybridized carbons (Fsp3) is 0.222. The van der Waals surface area contributed by atoms with Gasteiger partial charge in [0.25, 0.3) is 5.91 Å². The average Bonchev–Trinajstić information content (AvgIpc) is 3.33. The summed E-state index contributed by atoms with van der Waals surface area (Å²) in [6.45, 7) is 3.94. The van der Waals surface area contributed by atoms with Gasteiger partial charge in [-0.2, -0.15) is 5.10 Å². The van der Waals surface area contributed by atoms with Crippen molar-refractivity contribution in [3.05, 3.63) is 102 Å². The molecule has 1 amide bonds. The lowest BCUT2D eigenvalue weighted by atomic mass is 10.1. The number of morpholine rings is 1. The van der Waals surface area contributed by atoms with Crippen molar-refractivity contribution >= 4 is 11.7 Å². The molecule has 0 saturated carbocycles. The molecule has 1 N–H and O–H groups in total. The van der Waals surface area contributed by atoms with Gasteiger partial charge >= 0.3 is 0 Å². The fourth-order valence-corrected chi connectivity index (χ4v) is 4.15. The van der Waals surface area contributed by atoms with E-state index >= 15 is 0 Å². The van der Waals surface area contributed by atoms with E-state index < -0.39 is 0 Å². The summed E-state index contributed by atoms with van der Waals surface area (Å²) in [6.07, 6.45) is 3.62. The number of amides is 1. The molecule has 5 rings (SSSR count). The van der Waals surface area contributed by atoms with Gasteiger partial charge in [-0.1, -0.05) is 66.7 Å². The third-order valence-corrected chi connectivity index (χ3v) is 5.86. The van der Waals surface area contributed by atoms with Gasteiger partial charge < -0.3 is 15.0 Å². The van der Waals surface area contributed by atoms with E-state index in [9.17, 15) is 4.79 Å². The fourth-order valence-electron chi connectivity index (χ4n) is 4.15. The Bertz CT molecular complexity index is 1230. The standard InChI is InChI=1S/C27H27N5O2/c33-27(29-18-23-12-7-13-28-26(23)31-14-16-34-17-15-31)24-20-32(19-21-8-3-1-4-9-21)30-25(24)22-10-5-2-6-11-22/h1-13,20H,14-19H2,(H,29,33). The number of hydrogen-bond donors (Lipinski definition) is 1. The maximum Gasteiger partial charge on any atom is 0.255 e. The third-order valence-electron chi connectivity index (χ3n) is 5.86. The molecule has 0 aliphatic carbocycles. The molecular formula is C27H27N5O2. The molecule has 1 fully saturated rings. The van der Waals surface area contributed by atoms with Crippen molar-refractivity contribution in [3.63, 3.8) is 0 Å². The van der Waals surface area contributed by atoms with E-state index in [0.717, 1.165) is 35.6 Å². The SMILES string of the molecule is O=C(NCc1cccnc1N1CCOCC1)c1cn(Cc2ccccc2)nc1-c1ccccc1. The zero-order valence-electron chi connectivity index (χ0n) is 18.9. The lowest BCUT2D eigenvalue weighted by Crippen LogP contribution is -2.37. The van der Waals surface area contributed by atoms with Crippen molar-refractivity contribution in [2.45, 2.75) is 13.1 Å². The van der Waals surface area contributed by atoms with E-state index in [2.05, 4.69) is 27.3 Å². The molecule has 1 saturated heterocycles. The quantitative estimate of drug-likeness (QED) is 0.461. The Morgan fingerprint density at radius 1 is 0.941 bits per heavy atom. The topological polar surface area (TPSA) is 72.3 Å². The number of ether oxygens (including phenoxy) is 1. The molecule has 2 aromatic carbocycles. The molecule has 0 unspecified atom stereocenters. The van der Waals surface area contributed by atoms with Crippen LogP contribution in [0.25, 0.3) is 11.3 Å². The number of pyridine rings is 1. The summed E-state index contributed by atoms with van der Waals surface area (Å²) in [5, 5.41) is 7.86. The first-order valence-corrected chi connectivity index (χ1v) is 11.5. The number of benzene rings is 2. The van der Waals surface area contributed by atoms with Crippen molar-refractivity contribution in [1.29, 1.82) is 0 Å². The van der Waals surface area contributed by atoms with Crippen molar-refractivity contribution in [1.82, 2.24) is 20.1 Å². The Kier molecular flexibility index (Phi) is 6.63. The number of hydrogen-bond acceptors (Lipinski definition) is 5. The van der Waals surface area contributed by atoms with Crippen LogP contribution >= 0.6 is 0 Å². The predicted octanol–water partition coefficient (Wildman–Crippen LogP) is 3.76. The van der Waals surface area contributed by atoms with Gasteiger partial charge in [-0.25, -0.2) is 4.98 Å². The molecule has 3 heterocycles. The molecule has 0 atom stereocenters. The zero-order chi connectivity index (χ0) is 23.2. The summed E-state index contributed by atoms with van der Waals surface area (Å²) in [7, 11) is 0. The van der Waals surface area contributed by atoms with E-state index in [4.69, 9.17) is 9.84 Å². The number of anilines is 1. The molecule has 2 aromatic heterocycles. The lowest BCUT2D eigenvalue weighted by Gasteiger charge is -2.29. The van der Waals surface area contributed by atoms with Crippen LogP contribution in [-0.2, 0) is 17.8 Å². The highest BCUT2D eigenvalue weighted by Crippen LogP contribution is 2.23. The largest absolute Gasteiger partial charge is 0.378 e. The van der Waals surface area contributed by atoms with Crippen LogP contribution in [0.5, 0.6) is 0 Å². The summed E-state index contributed by atoms with van der Waals surface area (Å²) >= 11 is 0. The number of rotatable bonds is 7. The molecule has 1 aliphatic rings. The predicted molar refractivity (Wildman–Crippen MR) is 132 cm³/mol. The van der Waals surface area contributed by atoms with Crippen molar-refractivity contribution < 1.29 is 9.53 Å². The summed E-state index contributed by atoms with van der Waals surface area (Å²) in [4.78, 5) is 20.1. The van der Waals surface area contributed by atoms with Gasteiger partial charge in [-0.3, -0.25) is 9.48 Å². The van der Waals surface area contributed by atoms with Crippen molar-refractivity contribution in [2.24, 2.45) is 0 Å². The highest BCUT2D eigenvalue weighted by Gasteiger charge is 2.20. The van der Waals surface area contributed by atoms with Gasteiger partial charge in [0.05, 0.1) is 25.3 Å². The second-order valence-electron chi connectivity index (χ2n) is 8.21. The van der Waals surface area contributed by atoms with Crippen LogP contribution in [0, 0.1) is 0 Å². The number of nitrogens with zero attached hydrogens (tertiary/aromatic N) is 4. The van der Waals surface area contributed by atoms with Crippen LogP contribution in [0.2, 0.25) is 0 Å². The minimum atomic E-state index is -0.157. The van der Waals surface area contributed by atoms with Gasteiger partial charge in [0.2, 0.25) is 0 Å². The Morgan fingerprint density at radius 2 is 1.68 bits per heavy atom. The summed E-state index contributed by atoms with van der Waals surface area (Å²) in [6, 6.07) is 23.8.